The molecule has 15 nitrogen and oxygen atoms in total. The lowest BCUT2D eigenvalue weighted by atomic mass is 9.96. The quantitative estimate of drug-likeness (QED) is 0.0406. The number of rotatable bonds is 20. The van der Waals surface area contributed by atoms with Gasteiger partial charge in [-0.1, -0.05) is 62.8 Å². The number of aliphatic hydroxyl groups is 4. The van der Waals surface area contributed by atoms with Gasteiger partial charge >= 0.3 is 6.03 Å². The number of nitrogens with zero attached hydrogens (tertiary/aromatic N) is 6. The van der Waals surface area contributed by atoms with E-state index in [0.29, 0.717) is 13.2 Å². The Morgan fingerprint density at radius 2 is 0.941 bits per heavy atom. The van der Waals surface area contributed by atoms with Gasteiger partial charge in [0.2, 0.25) is 0 Å². The van der Waals surface area contributed by atoms with Crippen LogP contribution in [-0.2, 0) is 4.74 Å². The molecule has 7 aromatic rings. The Morgan fingerprint density at radius 1 is 0.515 bits per heavy atom. The summed E-state index contributed by atoms with van der Waals surface area (Å²) in [5.74, 6) is 0.735. The summed E-state index contributed by atoms with van der Waals surface area (Å²) in [7, 11) is 0. The van der Waals surface area contributed by atoms with Crippen LogP contribution in [0.15, 0.2) is 140 Å². The predicted octanol–water partition coefficient (Wildman–Crippen LogP) is 7.66. The van der Waals surface area contributed by atoms with Crippen LogP contribution in [0.5, 0.6) is 5.75 Å². The Labute approximate surface area is 395 Å². The lowest BCUT2D eigenvalue weighted by Crippen LogP contribution is -2.64. The van der Waals surface area contributed by atoms with E-state index in [1.54, 1.807) is 24.8 Å². The molecular weight excluding hydrogens is 861 g/mol. The first-order chi connectivity index (χ1) is 33.3. The fraction of sp³-hybridized carbons (Fsp3) is 0.302. The van der Waals surface area contributed by atoms with Crippen LogP contribution in [0.3, 0.4) is 0 Å². The fourth-order valence-corrected chi connectivity index (χ4v) is 8.07. The van der Waals surface area contributed by atoms with Crippen molar-refractivity contribution in [2.45, 2.75) is 82.0 Å². The maximum atomic E-state index is 12.4. The summed E-state index contributed by atoms with van der Waals surface area (Å²) >= 11 is 0. The second kappa shape index (κ2) is 23.6. The second-order valence-electron chi connectivity index (χ2n) is 16.7. The molecule has 8 rings (SSSR count). The molecule has 15 heteroatoms. The first-order valence-corrected chi connectivity index (χ1v) is 23.2. The Kier molecular flexibility index (Phi) is 16.5. The number of aromatic nitrogens is 6. The highest BCUT2D eigenvalue weighted by molar-refractivity contribution is 5.82. The van der Waals surface area contributed by atoms with Gasteiger partial charge in [0.25, 0.3) is 0 Å². The van der Waals surface area contributed by atoms with Gasteiger partial charge < -0.3 is 40.5 Å². The molecule has 0 saturated carbocycles. The number of carbonyl (C=O) groups is 1. The van der Waals surface area contributed by atoms with Crippen LogP contribution < -0.4 is 15.4 Å². The van der Waals surface area contributed by atoms with E-state index in [1.165, 1.54) is 0 Å². The average Bonchev–Trinajstić information content (AvgIpc) is 3.39. The fourth-order valence-electron chi connectivity index (χ4n) is 8.07. The lowest BCUT2D eigenvalue weighted by molar-refractivity contribution is -0.233. The highest BCUT2D eigenvalue weighted by atomic mass is 16.6. The van der Waals surface area contributed by atoms with Gasteiger partial charge in [0.05, 0.1) is 58.8 Å². The number of amides is 2. The molecular formula is C53H56N8O7. The van der Waals surface area contributed by atoms with Crippen molar-refractivity contribution in [3.8, 4) is 73.6 Å². The maximum absolute atomic E-state index is 12.4. The first kappa shape index (κ1) is 47.5. The lowest BCUT2D eigenvalue weighted by Gasteiger charge is -2.40. The number of unbranched alkanes of at least 4 members (excludes halogenated alkanes) is 7. The summed E-state index contributed by atoms with van der Waals surface area (Å²) in [5.41, 5.74) is 9.66. The van der Waals surface area contributed by atoms with Crippen molar-refractivity contribution in [2.24, 2.45) is 0 Å². The van der Waals surface area contributed by atoms with Crippen LogP contribution in [0.4, 0.5) is 4.79 Å². The molecule has 0 bridgehead atoms. The van der Waals surface area contributed by atoms with E-state index in [4.69, 9.17) is 19.4 Å². The summed E-state index contributed by atoms with van der Waals surface area (Å²) < 4.78 is 11.9. The van der Waals surface area contributed by atoms with E-state index >= 15 is 0 Å². The van der Waals surface area contributed by atoms with Crippen molar-refractivity contribution >= 4 is 6.03 Å². The van der Waals surface area contributed by atoms with Gasteiger partial charge in [0, 0.05) is 31.3 Å². The minimum absolute atomic E-state index is 0.430. The van der Waals surface area contributed by atoms with Gasteiger partial charge in [0.15, 0.2) is 6.23 Å². The molecule has 5 atom stereocenters. The van der Waals surface area contributed by atoms with Crippen LogP contribution in [0, 0.1) is 0 Å². The monoisotopic (exact) mass is 916 g/mol. The van der Waals surface area contributed by atoms with Gasteiger partial charge in [-0.25, -0.2) is 14.8 Å². The Bertz CT molecular complexity index is 2420. The van der Waals surface area contributed by atoms with Crippen LogP contribution in [0.25, 0.3) is 67.8 Å². The minimum atomic E-state index is -1.55. The molecule has 0 radical (unpaired) electrons. The molecule has 1 aliphatic rings. The summed E-state index contributed by atoms with van der Waals surface area (Å²) in [6, 6.07) is 37.2. The smallest absolute Gasteiger partial charge is 0.316 e. The van der Waals surface area contributed by atoms with Crippen molar-refractivity contribution in [3.63, 3.8) is 0 Å². The number of ether oxygens (including phenoxy) is 2. The number of pyridine rings is 6. The molecule has 1 saturated heterocycles. The normalized spacial score (nSPS) is 17.9. The number of carbonyl (C=O) groups excluding carboxylic acids is 1. The maximum Gasteiger partial charge on any atom is 0.316 e. The summed E-state index contributed by atoms with van der Waals surface area (Å²) in [6.45, 7) is 0.409. The average molecular weight is 917 g/mol. The highest BCUT2D eigenvalue weighted by Gasteiger charge is 2.44. The molecule has 1 aromatic carbocycles. The Hall–Kier alpha value is -7.01. The van der Waals surface area contributed by atoms with E-state index in [2.05, 4.69) is 73.0 Å². The van der Waals surface area contributed by atoms with Crippen LogP contribution in [0.2, 0.25) is 0 Å². The van der Waals surface area contributed by atoms with Gasteiger partial charge in [-0.2, -0.15) is 0 Å². The topological polar surface area (TPSA) is 218 Å². The molecule has 0 spiro atoms. The number of urea groups is 1. The molecule has 350 valence electrons. The van der Waals surface area contributed by atoms with Crippen molar-refractivity contribution in [2.75, 3.05) is 19.8 Å². The van der Waals surface area contributed by atoms with E-state index in [0.717, 1.165) is 125 Å². The molecule has 2 amide bonds. The Balaban J connectivity index is 0.928. The van der Waals surface area contributed by atoms with Gasteiger partial charge in [-0.3, -0.25) is 19.9 Å². The molecule has 6 N–H and O–H groups in total. The standard InChI is InChI=1S/C53H56N8O7/c62-34-48-49(63)50(64)51(65)52(68-48)61-53(66)58-25-11-5-3-1-2-4-6-16-26-67-39-28-35(37-30-44(40-17-7-12-21-54-40)59-45(31-37)41-18-8-13-22-55-41)27-36(29-39)38-32-46(42-19-9-14-23-56-42)60-47(33-38)43-20-10-15-24-57-43/h7-10,12-15,17-24,27-33,48-52,62-65H,1-6,11,16,25-26,34H2,(H2,58,61,66)/t48-,49-,50+,51-,52-/m0/s1. The number of hydrogen-bond donors (Lipinski definition) is 6. The third kappa shape index (κ3) is 12.5. The number of benzene rings is 1. The number of nitrogens with one attached hydrogen (secondary N) is 2. The molecule has 1 aliphatic heterocycles. The van der Waals surface area contributed by atoms with E-state index in [9.17, 15) is 25.2 Å². The van der Waals surface area contributed by atoms with Crippen LogP contribution >= 0.6 is 0 Å². The summed E-state index contributed by atoms with van der Waals surface area (Å²) in [6.07, 6.45) is 8.04. The second-order valence-corrected chi connectivity index (χ2v) is 16.7. The zero-order valence-electron chi connectivity index (χ0n) is 37.6. The van der Waals surface area contributed by atoms with Gasteiger partial charge in [-0.15, -0.1) is 0 Å². The predicted molar refractivity (Wildman–Crippen MR) is 259 cm³/mol. The van der Waals surface area contributed by atoms with Crippen molar-refractivity contribution in [1.29, 1.82) is 0 Å². The van der Waals surface area contributed by atoms with E-state index in [1.807, 2.05) is 72.8 Å². The third-order valence-corrected chi connectivity index (χ3v) is 11.7. The number of hydrogen-bond acceptors (Lipinski definition) is 13. The van der Waals surface area contributed by atoms with Gasteiger partial charge in [-0.05, 0) is 126 Å². The van der Waals surface area contributed by atoms with Crippen molar-refractivity contribution in [1.82, 2.24) is 40.5 Å². The van der Waals surface area contributed by atoms with Crippen molar-refractivity contribution < 1.29 is 34.7 Å². The molecule has 68 heavy (non-hydrogen) atoms. The summed E-state index contributed by atoms with van der Waals surface area (Å²) in [5, 5.41) is 44.6. The zero-order valence-corrected chi connectivity index (χ0v) is 37.6. The molecule has 7 heterocycles. The molecule has 6 aromatic heterocycles. The number of aliphatic hydroxyl groups excluding tert-OH is 4. The zero-order chi connectivity index (χ0) is 47.1. The molecule has 1 fully saturated rings. The van der Waals surface area contributed by atoms with Crippen LogP contribution in [0.1, 0.15) is 51.4 Å². The Morgan fingerprint density at radius 3 is 1.37 bits per heavy atom. The highest BCUT2D eigenvalue weighted by Crippen LogP contribution is 2.37. The molecule has 0 aliphatic carbocycles. The van der Waals surface area contributed by atoms with E-state index < -0.39 is 43.3 Å². The largest absolute Gasteiger partial charge is 0.494 e. The first-order valence-electron chi connectivity index (χ1n) is 23.2. The van der Waals surface area contributed by atoms with Gasteiger partial charge in [0.1, 0.15) is 30.2 Å². The molecule has 0 unspecified atom stereocenters. The van der Waals surface area contributed by atoms with Crippen molar-refractivity contribution in [3.05, 3.63) is 140 Å². The summed E-state index contributed by atoms with van der Waals surface area (Å²) in [4.78, 5) is 40.9. The minimum Gasteiger partial charge on any atom is -0.494 e. The third-order valence-electron chi connectivity index (χ3n) is 11.7. The van der Waals surface area contributed by atoms with Crippen LogP contribution in [-0.4, -0.2) is 107 Å². The SMILES string of the molecule is O=C(NCCCCCCCCCCOc1cc(-c2cc(-c3ccccn3)nc(-c3ccccn3)c2)cc(-c2cc(-c3ccccn3)nc(-c3ccccn3)c2)c1)N[C@H]1O[C@@H](CO)[C@H](O)[C@@H](O)[C@@H]1O. The van der Waals surface area contributed by atoms with E-state index in [-0.39, 0.29) is 0 Å².